The SMILES string of the molecule is N#CC1CCOC1c1cc(F)c(F)cc1F. The van der Waals surface area contributed by atoms with Crippen LogP contribution in [0.2, 0.25) is 0 Å². The molecule has 0 N–H and O–H groups in total. The fraction of sp³-hybridized carbons (Fsp3) is 0.364. The van der Waals surface area contributed by atoms with Gasteiger partial charge in [-0.15, -0.1) is 0 Å². The third-order valence-corrected chi connectivity index (χ3v) is 2.60. The van der Waals surface area contributed by atoms with E-state index in [2.05, 4.69) is 0 Å². The van der Waals surface area contributed by atoms with Crippen LogP contribution in [-0.2, 0) is 4.74 Å². The van der Waals surface area contributed by atoms with Gasteiger partial charge in [0.25, 0.3) is 0 Å². The summed E-state index contributed by atoms with van der Waals surface area (Å²) in [6, 6.07) is 3.19. The molecule has 0 bridgehead atoms. The summed E-state index contributed by atoms with van der Waals surface area (Å²) < 4.78 is 44.2. The van der Waals surface area contributed by atoms with E-state index in [-0.39, 0.29) is 5.56 Å². The Morgan fingerprint density at radius 1 is 1.19 bits per heavy atom. The number of hydrogen-bond acceptors (Lipinski definition) is 2. The molecule has 0 aliphatic carbocycles. The van der Waals surface area contributed by atoms with Crippen molar-refractivity contribution < 1.29 is 17.9 Å². The molecule has 1 saturated heterocycles. The lowest BCUT2D eigenvalue weighted by molar-refractivity contribution is 0.0972. The largest absolute Gasteiger partial charge is 0.372 e. The van der Waals surface area contributed by atoms with Crippen molar-refractivity contribution in [2.24, 2.45) is 5.92 Å². The molecule has 2 rings (SSSR count). The summed E-state index contributed by atoms with van der Waals surface area (Å²) in [7, 11) is 0. The zero-order valence-corrected chi connectivity index (χ0v) is 8.21. The topological polar surface area (TPSA) is 33.0 Å². The van der Waals surface area contributed by atoms with Gasteiger partial charge in [-0.2, -0.15) is 5.26 Å². The third kappa shape index (κ3) is 1.76. The van der Waals surface area contributed by atoms with Gasteiger partial charge in [0, 0.05) is 18.2 Å². The summed E-state index contributed by atoms with van der Waals surface area (Å²) in [6.45, 7) is 0.321. The number of nitrogens with zero attached hydrogens (tertiary/aromatic N) is 1. The molecule has 1 aliphatic heterocycles. The van der Waals surface area contributed by atoms with Crippen LogP contribution in [0, 0.1) is 34.7 Å². The summed E-state index contributed by atoms with van der Waals surface area (Å²) in [5, 5.41) is 8.79. The van der Waals surface area contributed by atoms with Crippen LogP contribution in [0.25, 0.3) is 0 Å². The number of rotatable bonds is 1. The van der Waals surface area contributed by atoms with Crippen LogP contribution in [0.1, 0.15) is 18.1 Å². The van der Waals surface area contributed by atoms with E-state index >= 15 is 0 Å². The van der Waals surface area contributed by atoms with Crippen molar-refractivity contribution >= 4 is 0 Å². The standard InChI is InChI=1S/C11H8F3NO/c12-8-4-10(14)9(13)3-7(8)11-6(5-15)1-2-16-11/h3-4,6,11H,1-2H2. The number of hydrogen-bond donors (Lipinski definition) is 0. The average Bonchev–Trinajstić information content (AvgIpc) is 2.71. The quantitative estimate of drug-likeness (QED) is 0.691. The van der Waals surface area contributed by atoms with Crippen LogP contribution in [0.5, 0.6) is 0 Å². The first kappa shape index (κ1) is 11.0. The Morgan fingerprint density at radius 3 is 2.56 bits per heavy atom. The van der Waals surface area contributed by atoms with Crippen LogP contribution in [0.4, 0.5) is 13.2 Å². The number of halogens is 3. The molecular weight excluding hydrogens is 219 g/mol. The van der Waals surface area contributed by atoms with Gasteiger partial charge in [-0.1, -0.05) is 0 Å². The fourth-order valence-corrected chi connectivity index (χ4v) is 1.78. The molecule has 1 fully saturated rings. The Hall–Kier alpha value is -1.54. The zero-order chi connectivity index (χ0) is 11.7. The molecule has 84 valence electrons. The van der Waals surface area contributed by atoms with E-state index in [1.807, 2.05) is 6.07 Å². The number of nitriles is 1. The lowest BCUT2D eigenvalue weighted by Gasteiger charge is -2.14. The highest BCUT2D eigenvalue weighted by Gasteiger charge is 2.32. The molecule has 2 unspecified atom stereocenters. The first-order valence-corrected chi connectivity index (χ1v) is 4.79. The summed E-state index contributed by atoms with van der Waals surface area (Å²) in [5.74, 6) is -3.78. The summed E-state index contributed by atoms with van der Waals surface area (Å²) in [4.78, 5) is 0. The predicted molar refractivity (Wildman–Crippen MR) is 48.7 cm³/mol. The average molecular weight is 227 g/mol. The van der Waals surface area contributed by atoms with Gasteiger partial charge in [-0.3, -0.25) is 0 Å². The van der Waals surface area contributed by atoms with E-state index in [1.54, 1.807) is 0 Å². The molecule has 1 heterocycles. The van der Waals surface area contributed by atoms with E-state index in [0.717, 1.165) is 6.07 Å². The van der Waals surface area contributed by atoms with Gasteiger partial charge in [0.2, 0.25) is 0 Å². The van der Waals surface area contributed by atoms with Crippen molar-refractivity contribution in [3.63, 3.8) is 0 Å². The van der Waals surface area contributed by atoms with Gasteiger partial charge in [0.05, 0.1) is 12.0 Å². The summed E-state index contributed by atoms with van der Waals surface area (Å²) >= 11 is 0. The van der Waals surface area contributed by atoms with Gasteiger partial charge in [-0.25, -0.2) is 13.2 Å². The monoisotopic (exact) mass is 227 g/mol. The lowest BCUT2D eigenvalue weighted by atomic mass is 9.96. The Bertz CT molecular complexity index is 455. The smallest absolute Gasteiger partial charge is 0.161 e. The maximum absolute atomic E-state index is 13.4. The summed E-state index contributed by atoms with van der Waals surface area (Å²) in [5.41, 5.74) is -0.0945. The van der Waals surface area contributed by atoms with E-state index < -0.39 is 29.5 Å². The minimum absolute atomic E-state index is 0.0945. The van der Waals surface area contributed by atoms with E-state index in [9.17, 15) is 13.2 Å². The number of ether oxygens (including phenoxy) is 1. The molecule has 0 saturated carbocycles. The van der Waals surface area contributed by atoms with Gasteiger partial charge in [-0.05, 0) is 12.5 Å². The van der Waals surface area contributed by atoms with E-state index in [4.69, 9.17) is 10.00 Å². The Balaban J connectivity index is 2.41. The van der Waals surface area contributed by atoms with Crippen molar-refractivity contribution in [1.29, 1.82) is 5.26 Å². The molecule has 0 amide bonds. The molecule has 5 heteroatoms. The summed E-state index contributed by atoms with van der Waals surface area (Å²) in [6.07, 6.45) is -0.334. The lowest BCUT2D eigenvalue weighted by Crippen LogP contribution is -2.09. The predicted octanol–water partition coefficient (Wildman–Crippen LogP) is 2.71. The highest BCUT2D eigenvalue weighted by molar-refractivity contribution is 5.25. The fourth-order valence-electron chi connectivity index (χ4n) is 1.78. The van der Waals surface area contributed by atoms with Crippen molar-refractivity contribution in [3.05, 3.63) is 35.1 Å². The second-order valence-corrected chi connectivity index (χ2v) is 3.60. The van der Waals surface area contributed by atoms with Crippen molar-refractivity contribution in [2.75, 3.05) is 6.61 Å². The molecule has 0 aromatic heterocycles. The van der Waals surface area contributed by atoms with Crippen LogP contribution < -0.4 is 0 Å². The Kier molecular flexibility index (Phi) is 2.84. The van der Waals surface area contributed by atoms with Gasteiger partial charge >= 0.3 is 0 Å². The molecule has 2 nitrogen and oxygen atoms in total. The molecular formula is C11H8F3NO. The first-order valence-electron chi connectivity index (χ1n) is 4.79. The minimum Gasteiger partial charge on any atom is -0.372 e. The maximum atomic E-state index is 13.4. The molecule has 1 aromatic carbocycles. The highest BCUT2D eigenvalue weighted by Crippen LogP contribution is 2.35. The van der Waals surface area contributed by atoms with E-state index in [1.165, 1.54) is 0 Å². The highest BCUT2D eigenvalue weighted by atomic mass is 19.2. The molecule has 16 heavy (non-hydrogen) atoms. The maximum Gasteiger partial charge on any atom is 0.161 e. The third-order valence-electron chi connectivity index (χ3n) is 2.60. The van der Waals surface area contributed by atoms with Crippen molar-refractivity contribution in [1.82, 2.24) is 0 Å². The molecule has 0 spiro atoms. The van der Waals surface area contributed by atoms with Crippen LogP contribution in [-0.4, -0.2) is 6.61 Å². The van der Waals surface area contributed by atoms with Gasteiger partial charge in [0.15, 0.2) is 11.6 Å². The van der Waals surface area contributed by atoms with Crippen molar-refractivity contribution in [3.8, 4) is 6.07 Å². The van der Waals surface area contributed by atoms with Crippen LogP contribution in [0.3, 0.4) is 0 Å². The molecule has 1 aliphatic rings. The molecule has 1 aromatic rings. The zero-order valence-electron chi connectivity index (χ0n) is 8.21. The molecule has 0 radical (unpaired) electrons. The van der Waals surface area contributed by atoms with Gasteiger partial charge in [0.1, 0.15) is 11.9 Å². The Labute approximate surface area is 90.3 Å². The van der Waals surface area contributed by atoms with Crippen LogP contribution >= 0.6 is 0 Å². The number of benzene rings is 1. The van der Waals surface area contributed by atoms with Crippen molar-refractivity contribution in [2.45, 2.75) is 12.5 Å². The van der Waals surface area contributed by atoms with Gasteiger partial charge < -0.3 is 4.74 Å². The minimum atomic E-state index is -1.24. The van der Waals surface area contributed by atoms with Crippen LogP contribution in [0.15, 0.2) is 12.1 Å². The first-order chi connectivity index (χ1) is 7.63. The normalized spacial score (nSPS) is 24.4. The second-order valence-electron chi connectivity index (χ2n) is 3.60. The second kappa shape index (κ2) is 4.14. The molecule has 2 atom stereocenters. The Morgan fingerprint density at radius 2 is 1.88 bits per heavy atom. The van der Waals surface area contributed by atoms with E-state index in [0.29, 0.717) is 19.1 Å².